The van der Waals surface area contributed by atoms with Crippen molar-refractivity contribution in [3.8, 4) is 0 Å². The zero-order chi connectivity index (χ0) is 23.2. The quantitative estimate of drug-likeness (QED) is 0.377. The normalized spacial score (nSPS) is 21.6. The zero-order valence-corrected chi connectivity index (χ0v) is 19.8. The van der Waals surface area contributed by atoms with Crippen LogP contribution in [0.4, 0.5) is 0 Å². The zero-order valence-electron chi connectivity index (χ0n) is 19.8. The summed E-state index contributed by atoms with van der Waals surface area (Å²) < 4.78 is 5.46. The molecule has 0 fully saturated rings. The third kappa shape index (κ3) is 7.16. The van der Waals surface area contributed by atoms with Crippen LogP contribution >= 0.6 is 0 Å². The predicted molar refractivity (Wildman–Crippen MR) is 124 cm³/mol. The minimum Gasteiger partial charge on any atom is -0.481 e. The second-order valence-electron chi connectivity index (χ2n) is 10.1. The Hall–Kier alpha value is -1.69. The van der Waals surface area contributed by atoms with E-state index < -0.39 is 23.6 Å². The summed E-state index contributed by atoms with van der Waals surface area (Å²) in [6, 6.07) is 0. The Kier molecular flexibility index (Phi) is 8.87. The Bertz CT molecular complexity index is 767. The molecule has 2 aliphatic rings. The van der Waals surface area contributed by atoms with Gasteiger partial charge >= 0.3 is 5.97 Å². The SMILES string of the molecule is COC(C)(C)CCCC1=CC=C(CCC2=CC=C(CCCC(C)(C)C(=O)O)C2O)C1O. The summed E-state index contributed by atoms with van der Waals surface area (Å²) in [5, 5.41) is 30.5. The monoisotopic (exact) mass is 432 g/mol. The standard InChI is InChI=1S/C26H40O5/c1-25(2,24(29)30)16-6-8-18-10-12-20(22(18)27)14-15-21-13-11-19(23(21)28)9-7-17-26(3,4)31-5/h10-13,22-23,27-28H,6-9,14-17H2,1-5H3,(H,29,30). The number of carbonyl (C=O) groups is 1. The summed E-state index contributed by atoms with van der Waals surface area (Å²) in [6.45, 7) is 7.62. The molecule has 31 heavy (non-hydrogen) atoms. The lowest BCUT2D eigenvalue weighted by atomic mass is 9.86. The van der Waals surface area contributed by atoms with Crippen molar-refractivity contribution in [2.75, 3.05) is 7.11 Å². The maximum Gasteiger partial charge on any atom is 0.309 e. The van der Waals surface area contributed by atoms with Crippen molar-refractivity contribution >= 4 is 5.97 Å². The summed E-state index contributed by atoms with van der Waals surface area (Å²) in [6.07, 6.45) is 13.1. The molecule has 3 N–H and O–H groups in total. The topological polar surface area (TPSA) is 87.0 Å². The van der Waals surface area contributed by atoms with Crippen LogP contribution in [-0.4, -0.2) is 46.2 Å². The van der Waals surface area contributed by atoms with E-state index in [-0.39, 0.29) is 5.60 Å². The molecule has 0 aromatic rings. The summed E-state index contributed by atoms with van der Waals surface area (Å²) in [5.74, 6) is -0.786. The highest BCUT2D eigenvalue weighted by atomic mass is 16.5. The molecule has 174 valence electrons. The number of carboxylic acids is 1. The fourth-order valence-corrected chi connectivity index (χ4v) is 4.10. The number of aliphatic carboxylic acids is 1. The lowest BCUT2D eigenvalue weighted by Gasteiger charge is -2.23. The van der Waals surface area contributed by atoms with Crippen LogP contribution in [0.25, 0.3) is 0 Å². The molecule has 0 saturated heterocycles. The van der Waals surface area contributed by atoms with E-state index in [9.17, 15) is 20.1 Å². The Labute approximate surface area is 187 Å². The maximum atomic E-state index is 11.2. The Morgan fingerprint density at radius 3 is 1.58 bits per heavy atom. The highest BCUT2D eigenvalue weighted by Crippen LogP contribution is 2.33. The number of carboxylic acid groups (broad SMARTS) is 1. The Morgan fingerprint density at radius 2 is 1.19 bits per heavy atom. The Morgan fingerprint density at radius 1 is 0.806 bits per heavy atom. The largest absolute Gasteiger partial charge is 0.481 e. The van der Waals surface area contributed by atoms with Crippen LogP contribution < -0.4 is 0 Å². The summed E-state index contributed by atoms with van der Waals surface area (Å²) in [7, 11) is 1.73. The first-order chi connectivity index (χ1) is 14.5. The molecule has 0 spiro atoms. The van der Waals surface area contributed by atoms with E-state index in [1.807, 2.05) is 24.3 Å². The predicted octanol–water partition coefficient (Wildman–Crippen LogP) is 5.10. The van der Waals surface area contributed by atoms with Gasteiger partial charge in [0.1, 0.15) is 0 Å². The van der Waals surface area contributed by atoms with E-state index in [0.717, 1.165) is 54.4 Å². The molecule has 0 aromatic carbocycles. The number of hydrogen-bond acceptors (Lipinski definition) is 4. The molecule has 2 unspecified atom stereocenters. The highest BCUT2D eigenvalue weighted by Gasteiger charge is 2.28. The van der Waals surface area contributed by atoms with Crippen molar-refractivity contribution in [2.24, 2.45) is 5.41 Å². The molecule has 0 heterocycles. The molecule has 5 nitrogen and oxygen atoms in total. The van der Waals surface area contributed by atoms with Gasteiger partial charge in [-0.25, -0.2) is 0 Å². The van der Waals surface area contributed by atoms with Gasteiger partial charge in [-0.1, -0.05) is 24.3 Å². The van der Waals surface area contributed by atoms with Gasteiger partial charge in [0.25, 0.3) is 0 Å². The van der Waals surface area contributed by atoms with Gasteiger partial charge < -0.3 is 20.1 Å². The first-order valence-corrected chi connectivity index (χ1v) is 11.4. The van der Waals surface area contributed by atoms with Crippen molar-refractivity contribution in [1.82, 2.24) is 0 Å². The summed E-state index contributed by atoms with van der Waals surface area (Å²) in [5.41, 5.74) is 3.11. The number of hydrogen-bond donors (Lipinski definition) is 3. The fourth-order valence-electron chi connectivity index (χ4n) is 4.10. The van der Waals surface area contributed by atoms with Gasteiger partial charge in [-0.3, -0.25) is 4.79 Å². The van der Waals surface area contributed by atoms with Gasteiger partial charge in [0.15, 0.2) is 0 Å². The minimum atomic E-state index is -0.786. The van der Waals surface area contributed by atoms with Gasteiger partial charge in [0.05, 0.1) is 23.2 Å². The van der Waals surface area contributed by atoms with Gasteiger partial charge in [-0.05, 0) is 101 Å². The van der Waals surface area contributed by atoms with E-state index in [0.29, 0.717) is 19.3 Å². The molecule has 0 aliphatic heterocycles. The molecule has 0 bridgehead atoms. The first-order valence-electron chi connectivity index (χ1n) is 11.4. The third-order valence-electron chi connectivity index (χ3n) is 6.77. The van der Waals surface area contributed by atoms with Crippen molar-refractivity contribution in [3.05, 3.63) is 46.6 Å². The van der Waals surface area contributed by atoms with Gasteiger partial charge in [0.2, 0.25) is 0 Å². The van der Waals surface area contributed by atoms with E-state index in [4.69, 9.17) is 4.74 Å². The number of rotatable bonds is 13. The van der Waals surface area contributed by atoms with E-state index in [2.05, 4.69) is 13.8 Å². The third-order valence-corrected chi connectivity index (χ3v) is 6.77. The first kappa shape index (κ1) is 25.6. The van der Waals surface area contributed by atoms with E-state index in [1.165, 1.54) is 0 Å². The molecule has 5 heteroatoms. The number of aliphatic hydroxyl groups is 2. The van der Waals surface area contributed by atoms with Crippen LogP contribution in [0.3, 0.4) is 0 Å². The van der Waals surface area contributed by atoms with Crippen LogP contribution in [0.5, 0.6) is 0 Å². The van der Waals surface area contributed by atoms with Crippen molar-refractivity contribution < 1.29 is 24.9 Å². The fraction of sp³-hybridized carbons (Fsp3) is 0.654. The number of methoxy groups -OCH3 is 1. The smallest absolute Gasteiger partial charge is 0.309 e. The van der Waals surface area contributed by atoms with Gasteiger partial charge in [-0.15, -0.1) is 0 Å². The van der Waals surface area contributed by atoms with Crippen LogP contribution in [0.15, 0.2) is 46.6 Å². The second kappa shape index (κ2) is 10.8. The molecule has 0 aromatic heterocycles. The van der Waals surface area contributed by atoms with Gasteiger partial charge in [0, 0.05) is 7.11 Å². The van der Waals surface area contributed by atoms with Crippen molar-refractivity contribution in [2.45, 2.75) is 96.9 Å². The lowest BCUT2D eigenvalue weighted by molar-refractivity contribution is -0.147. The number of aliphatic hydroxyl groups excluding tert-OH is 2. The highest BCUT2D eigenvalue weighted by molar-refractivity contribution is 5.73. The second-order valence-corrected chi connectivity index (χ2v) is 10.1. The summed E-state index contributed by atoms with van der Waals surface area (Å²) >= 11 is 0. The average molecular weight is 433 g/mol. The van der Waals surface area contributed by atoms with Crippen LogP contribution in [-0.2, 0) is 9.53 Å². The van der Waals surface area contributed by atoms with Crippen LogP contribution in [0.1, 0.15) is 79.1 Å². The number of allylic oxidation sites excluding steroid dienone is 4. The molecule has 2 aliphatic carbocycles. The van der Waals surface area contributed by atoms with Crippen molar-refractivity contribution in [1.29, 1.82) is 0 Å². The van der Waals surface area contributed by atoms with Gasteiger partial charge in [-0.2, -0.15) is 0 Å². The van der Waals surface area contributed by atoms with E-state index in [1.54, 1.807) is 21.0 Å². The van der Waals surface area contributed by atoms with Crippen LogP contribution in [0, 0.1) is 5.41 Å². The molecule has 0 saturated carbocycles. The molecule has 2 atom stereocenters. The number of ether oxygens (including phenoxy) is 1. The molecule has 0 radical (unpaired) electrons. The lowest BCUT2D eigenvalue weighted by Crippen LogP contribution is -2.23. The molecular weight excluding hydrogens is 392 g/mol. The van der Waals surface area contributed by atoms with Crippen LogP contribution in [0.2, 0.25) is 0 Å². The van der Waals surface area contributed by atoms with Crippen molar-refractivity contribution in [3.63, 3.8) is 0 Å². The Balaban J connectivity index is 1.72. The van der Waals surface area contributed by atoms with E-state index >= 15 is 0 Å². The minimum absolute atomic E-state index is 0.139. The molecule has 0 amide bonds. The molecule has 2 rings (SSSR count). The maximum absolute atomic E-state index is 11.2. The molecular formula is C26H40O5. The average Bonchev–Trinajstić information content (AvgIpc) is 3.23. The summed E-state index contributed by atoms with van der Waals surface area (Å²) in [4.78, 5) is 11.2.